The number of fused-ring (bicyclic) bond motifs is 1. The third-order valence-corrected chi connectivity index (χ3v) is 6.19. The van der Waals surface area contributed by atoms with Gasteiger partial charge in [-0.15, -0.1) is 0 Å². The van der Waals surface area contributed by atoms with E-state index in [-0.39, 0.29) is 42.2 Å². The standard InChI is InChI=1S/C23H25ClFN5O4/c24-17-6-3-4-14(21(17)25)10-27-19(31)11-29(15-8-9-34-13-15)20(32)12-30-22(23(26)33)16-5-1-2-7-18(16)28-30/h1-7,15,22,28H,8-13H2,(H2,26,33)(H,27,31). The molecule has 0 radical (unpaired) electrons. The average molecular weight is 490 g/mol. The number of halogens is 2. The van der Waals surface area contributed by atoms with Crippen molar-refractivity contribution in [3.63, 3.8) is 0 Å². The molecule has 9 nitrogen and oxygen atoms in total. The van der Waals surface area contributed by atoms with Crippen molar-refractivity contribution in [2.24, 2.45) is 5.73 Å². The maximum atomic E-state index is 14.1. The van der Waals surface area contributed by atoms with Gasteiger partial charge >= 0.3 is 0 Å². The zero-order chi connectivity index (χ0) is 24.2. The highest BCUT2D eigenvalue weighted by molar-refractivity contribution is 6.30. The van der Waals surface area contributed by atoms with Crippen LogP contribution in [0.4, 0.5) is 10.1 Å². The quantitative estimate of drug-likeness (QED) is 0.518. The van der Waals surface area contributed by atoms with Crippen molar-refractivity contribution in [2.45, 2.75) is 25.0 Å². The van der Waals surface area contributed by atoms with Gasteiger partial charge in [0.1, 0.15) is 11.9 Å². The second-order valence-electron chi connectivity index (χ2n) is 8.16. The Morgan fingerprint density at radius 1 is 1.24 bits per heavy atom. The van der Waals surface area contributed by atoms with Gasteiger partial charge in [0, 0.05) is 24.3 Å². The van der Waals surface area contributed by atoms with E-state index in [1.807, 2.05) is 6.07 Å². The molecule has 2 aliphatic rings. The van der Waals surface area contributed by atoms with E-state index in [0.717, 1.165) is 0 Å². The molecule has 2 atom stereocenters. The van der Waals surface area contributed by atoms with E-state index in [9.17, 15) is 18.8 Å². The maximum Gasteiger partial charge on any atom is 0.241 e. The van der Waals surface area contributed by atoms with Crippen LogP contribution in [0.1, 0.15) is 23.6 Å². The van der Waals surface area contributed by atoms with Crippen molar-refractivity contribution in [3.8, 4) is 0 Å². The molecule has 1 saturated heterocycles. The zero-order valence-corrected chi connectivity index (χ0v) is 19.1. The van der Waals surface area contributed by atoms with Gasteiger partial charge < -0.3 is 26.1 Å². The number of rotatable bonds is 8. The first-order valence-corrected chi connectivity index (χ1v) is 11.2. The Bertz CT molecular complexity index is 1090. The highest BCUT2D eigenvalue weighted by Crippen LogP contribution is 2.34. The number of carbonyl (C=O) groups excluding carboxylic acids is 3. The van der Waals surface area contributed by atoms with Gasteiger partial charge in [0.05, 0.1) is 36.4 Å². The molecule has 4 N–H and O–H groups in total. The Balaban J connectivity index is 1.43. The number of hydrazine groups is 1. The van der Waals surface area contributed by atoms with E-state index in [1.54, 1.807) is 24.3 Å². The largest absolute Gasteiger partial charge is 0.379 e. The molecule has 180 valence electrons. The number of primary amides is 1. The van der Waals surface area contributed by atoms with Gasteiger partial charge in [-0.3, -0.25) is 14.4 Å². The van der Waals surface area contributed by atoms with Gasteiger partial charge in [0.15, 0.2) is 0 Å². The van der Waals surface area contributed by atoms with Crippen molar-refractivity contribution in [1.29, 1.82) is 0 Å². The fraction of sp³-hybridized carbons (Fsp3) is 0.348. The topological polar surface area (TPSA) is 117 Å². The van der Waals surface area contributed by atoms with Crippen LogP contribution in [0.5, 0.6) is 0 Å². The van der Waals surface area contributed by atoms with Crippen molar-refractivity contribution >= 4 is 35.0 Å². The molecule has 0 bridgehead atoms. The number of para-hydroxylation sites is 1. The summed E-state index contributed by atoms with van der Waals surface area (Å²) in [7, 11) is 0. The minimum absolute atomic E-state index is 0.0326. The number of benzene rings is 2. The van der Waals surface area contributed by atoms with E-state index in [0.29, 0.717) is 30.9 Å². The third kappa shape index (κ3) is 5.14. The average Bonchev–Trinajstić information content (AvgIpc) is 3.46. The zero-order valence-electron chi connectivity index (χ0n) is 18.3. The van der Waals surface area contributed by atoms with Gasteiger partial charge in [-0.1, -0.05) is 41.9 Å². The number of anilines is 1. The normalized spacial score (nSPS) is 19.4. The molecule has 3 amide bonds. The highest BCUT2D eigenvalue weighted by Gasteiger charge is 2.37. The molecule has 4 rings (SSSR count). The number of ether oxygens (including phenoxy) is 1. The number of amides is 3. The lowest BCUT2D eigenvalue weighted by atomic mass is 10.1. The van der Waals surface area contributed by atoms with Gasteiger partial charge in [0.2, 0.25) is 17.7 Å². The van der Waals surface area contributed by atoms with Crippen molar-refractivity contribution in [2.75, 3.05) is 31.7 Å². The van der Waals surface area contributed by atoms with Crippen molar-refractivity contribution in [1.82, 2.24) is 15.2 Å². The first-order chi connectivity index (χ1) is 16.3. The monoisotopic (exact) mass is 489 g/mol. The SMILES string of the molecule is NC(=O)C1c2ccccc2NN1CC(=O)N(CC(=O)NCc1cccc(Cl)c1F)C1CCOC1. The van der Waals surface area contributed by atoms with Gasteiger partial charge in [-0.25, -0.2) is 4.39 Å². The van der Waals surface area contributed by atoms with Gasteiger partial charge in [-0.05, 0) is 18.6 Å². The molecule has 1 fully saturated rings. The molecule has 0 aliphatic carbocycles. The van der Waals surface area contributed by atoms with Crippen molar-refractivity contribution in [3.05, 3.63) is 64.4 Å². The van der Waals surface area contributed by atoms with Crippen LogP contribution in [0.15, 0.2) is 42.5 Å². The number of hydrogen-bond acceptors (Lipinski definition) is 6. The lowest BCUT2D eigenvalue weighted by molar-refractivity contribution is -0.140. The van der Waals surface area contributed by atoms with Crippen LogP contribution in [-0.4, -0.2) is 60.0 Å². The summed E-state index contributed by atoms with van der Waals surface area (Å²) in [4.78, 5) is 39.5. The first kappa shape index (κ1) is 23.9. The predicted octanol–water partition coefficient (Wildman–Crippen LogP) is 1.58. The third-order valence-electron chi connectivity index (χ3n) is 5.89. The van der Waals surface area contributed by atoms with Crippen LogP contribution in [-0.2, 0) is 25.7 Å². The van der Waals surface area contributed by atoms with E-state index in [4.69, 9.17) is 22.1 Å². The summed E-state index contributed by atoms with van der Waals surface area (Å²) in [5.74, 6) is -2.02. The summed E-state index contributed by atoms with van der Waals surface area (Å²) in [5, 5.41) is 4.07. The molecule has 0 saturated carbocycles. The summed E-state index contributed by atoms with van der Waals surface area (Å²) < 4.78 is 19.5. The molecular weight excluding hydrogens is 465 g/mol. The van der Waals surface area contributed by atoms with E-state index in [1.165, 1.54) is 22.0 Å². The molecule has 11 heteroatoms. The molecule has 2 unspecified atom stereocenters. The molecular formula is C23H25ClFN5O4. The fourth-order valence-electron chi connectivity index (χ4n) is 4.18. The smallest absolute Gasteiger partial charge is 0.241 e. The first-order valence-electron chi connectivity index (χ1n) is 10.8. The van der Waals surface area contributed by atoms with E-state index < -0.39 is 23.7 Å². The molecule has 2 aliphatic heterocycles. The number of nitrogens with two attached hydrogens (primary N) is 1. The highest BCUT2D eigenvalue weighted by atomic mass is 35.5. The summed E-state index contributed by atoms with van der Waals surface area (Å²) in [6, 6.07) is 10.6. The van der Waals surface area contributed by atoms with Crippen LogP contribution >= 0.6 is 11.6 Å². The van der Waals surface area contributed by atoms with Crippen LogP contribution in [0.2, 0.25) is 5.02 Å². The Hall–Kier alpha value is -3.21. The number of carbonyl (C=O) groups is 3. The predicted molar refractivity (Wildman–Crippen MR) is 123 cm³/mol. The maximum absolute atomic E-state index is 14.1. The minimum Gasteiger partial charge on any atom is -0.379 e. The second kappa shape index (κ2) is 10.4. The Labute approximate surface area is 200 Å². The summed E-state index contributed by atoms with van der Waals surface area (Å²) >= 11 is 5.79. The Kier molecular flexibility index (Phi) is 7.30. The molecule has 34 heavy (non-hydrogen) atoms. The van der Waals surface area contributed by atoms with Crippen LogP contribution in [0, 0.1) is 5.82 Å². The number of nitrogens with zero attached hydrogens (tertiary/aromatic N) is 2. The van der Waals surface area contributed by atoms with Gasteiger partial charge in [0.25, 0.3) is 0 Å². The van der Waals surface area contributed by atoms with E-state index >= 15 is 0 Å². The molecule has 0 spiro atoms. The van der Waals surface area contributed by atoms with E-state index in [2.05, 4.69) is 10.7 Å². The van der Waals surface area contributed by atoms with Crippen LogP contribution < -0.4 is 16.5 Å². The summed E-state index contributed by atoms with van der Waals surface area (Å²) in [6.45, 7) is 0.281. The second-order valence-corrected chi connectivity index (χ2v) is 8.57. The minimum atomic E-state index is -0.818. The van der Waals surface area contributed by atoms with Crippen LogP contribution in [0.3, 0.4) is 0 Å². The molecule has 0 aromatic heterocycles. The fourth-order valence-corrected chi connectivity index (χ4v) is 4.37. The molecule has 2 heterocycles. The van der Waals surface area contributed by atoms with Crippen LogP contribution in [0.25, 0.3) is 0 Å². The lowest BCUT2D eigenvalue weighted by Gasteiger charge is -2.30. The van der Waals surface area contributed by atoms with Gasteiger partial charge in [-0.2, -0.15) is 5.01 Å². The lowest BCUT2D eigenvalue weighted by Crippen LogP contribution is -2.51. The van der Waals surface area contributed by atoms with Crippen molar-refractivity contribution < 1.29 is 23.5 Å². The molecule has 2 aromatic carbocycles. The Morgan fingerprint density at radius 2 is 2.03 bits per heavy atom. The molecule has 2 aromatic rings. The Morgan fingerprint density at radius 3 is 2.76 bits per heavy atom. The number of nitrogens with one attached hydrogen (secondary N) is 2. The summed E-state index contributed by atoms with van der Waals surface area (Å²) in [6.07, 6.45) is 0.578. The number of hydrogen-bond donors (Lipinski definition) is 3. The summed E-state index contributed by atoms with van der Waals surface area (Å²) in [5.41, 5.74) is 10.3.